The fourth-order valence-electron chi connectivity index (χ4n) is 1.22. The summed E-state index contributed by atoms with van der Waals surface area (Å²) in [6.07, 6.45) is -2.78. The SMILES string of the molecule is O=c1[nH]cnc2c1c(I)cn2C(F)(F)F. The van der Waals surface area contributed by atoms with Crippen molar-refractivity contribution in [1.29, 1.82) is 0 Å². The second-order valence-corrected chi connectivity index (χ2v) is 3.91. The summed E-state index contributed by atoms with van der Waals surface area (Å²) in [5, 5.41) is -0.0459. The van der Waals surface area contributed by atoms with Gasteiger partial charge in [-0.25, -0.2) is 9.55 Å². The van der Waals surface area contributed by atoms with Crippen molar-refractivity contribution in [2.45, 2.75) is 6.30 Å². The van der Waals surface area contributed by atoms with Gasteiger partial charge in [0.2, 0.25) is 0 Å². The molecule has 0 bridgehead atoms. The molecule has 2 heterocycles. The molecule has 0 amide bonds. The molecule has 0 atom stereocenters. The third kappa shape index (κ3) is 1.62. The highest BCUT2D eigenvalue weighted by Gasteiger charge is 2.33. The highest BCUT2D eigenvalue weighted by atomic mass is 127. The molecule has 4 nitrogen and oxygen atoms in total. The minimum Gasteiger partial charge on any atom is -0.312 e. The zero-order valence-corrected chi connectivity index (χ0v) is 9.13. The molecular formula is C7H3F3IN3O. The first-order valence-corrected chi connectivity index (χ1v) is 4.80. The van der Waals surface area contributed by atoms with Gasteiger partial charge in [-0.05, 0) is 22.6 Å². The van der Waals surface area contributed by atoms with Crippen molar-refractivity contribution in [3.63, 3.8) is 0 Å². The van der Waals surface area contributed by atoms with Crippen molar-refractivity contribution < 1.29 is 13.2 Å². The van der Waals surface area contributed by atoms with Crippen LogP contribution in [-0.4, -0.2) is 14.5 Å². The lowest BCUT2D eigenvalue weighted by Gasteiger charge is -2.07. The minimum absolute atomic E-state index is 0.0271. The van der Waals surface area contributed by atoms with E-state index in [1.807, 2.05) is 0 Å². The number of H-pyrrole nitrogens is 1. The van der Waals surface area contributed by atoms with Crippen molar-refractivity contribution >= 4 is 33.6 Å². The first-order valence-electron chi connectivity index (χ1n) is 3.72. The number of hydrogen-bond donors (Lipinski definition) is 1. The Hall–Kier alpha value is -1.06. The molecule has 0 aliphatic carbocycles. The molecule has 0 radical (unpaired) electrons. The zero-order chi connectivity index (χ0) is 11.2. The Balaban J connectivity index is 2.92. The van der Waals surface area contributed by atoms with Crippen LogP contribution in [0.5, 0.6) is 0 Å². The second-order valence-electron chi connectivity index (χ2n) is 2.75. The Morgan fingerprint density at radius 2 is 2.13 bits per heavy atom. The third-order valence-corrected chi connectivity index (χ3v) is 2.63. The average Bonchev–Trinajstić information content (AvgIpc) is 2.44. The molecule has 2 rings (SSSR count). The normalized spacial score (nSPS) is 12.3. The van der Waals surface area contributed by atoms with Crippen LogP contribution in [0.15, 0.2) is 17.3 Å². The minimum atomic E-state index is -4.57. The van der Waals surface area contributed by atoms with E-state index in [1.165, 1.54) is 0 Å². The van der Waals surface area contributed by atoms with Crippen LogP contribution >= 0.6 is 22.6 Å². The fourth-order valence-corrected chi connectivity index (χ4v) is 1.99. The highest BCUT2D eigenvalue weighted by Crippen LogP contribution is 2.28. The van der Waals surface area contributed by atoms with Crippen molar-refractivity contribution in [2.24, 2.45) is 0 Å². The highest BCUT2D eigenvalue weighted by molar-refractivity contribution is 14.1. The van der Waals surface area contributed by atoms with E-state index in [9.17, 15) is 18.0 Å². The van der Waals surface area contributed by atoms with Gasteiger partial charge in [0.05, 0.1) is 11.7 Å². The summed E-state index contributed by atoms with van der Waals surface area (Å²) < 4.78 is 37.7. The molecule has 0 saturated carbocycles. The smallest absolute Gasteiger partial charge is 0.312 e. The molecule has 0 unspecified atom stereocenters. The Labute approximate surface area is 94.3 Å². The van der Waals surface area contributed by atoms with Gasteiger partial charge in [-0.1, -0.05) is 0 Å². The quantitative estimate of drug-likeness (QED) is 0.750. The van der Waals surface area contributed by atoms with E-state index in [2.05, 4.69) is 9.97 Å². The number of fused-ring (bicyclic) bond motifs is 1. The lowest BCUT2D eigenvalue weighted by Crippen LogP contribution is -2.17. The fraction of sp³-hybridized carbons (Fsp3) is 0.143. The van der Waals surface area contributed by atoms with Gasteiger partial charge in [-0.3, -0.25) is 4.79 Å². The van der Waals surface area contributed by atoms with Gasteiger partial charge in [0, 0.05) is 9.77 Å². The molecule has 0 saturated heterocycles. The number of aromatic nitrogens is 3. The molecule has 2 aromatic heterocycles. The van der Waals surface area contributed by atoms with E-state index in [0.29, 0.717) is 0 Å². The predicted molar refractivity (Wildman–Crippen MR) is 54.4 cm³/mol. The zero-order valence-electron chi connectivity index (χ0n) is 6.97. The van der Waals surface area contributed by atoms with Crippen LogP contribution in [0.2, 0.25) is 0 Å². The van der Waals surface area contributed by atoms with E-state index >= 15 is 0 Å². The molecular weight excluding hydrogens is 326 g/mol. The standard InChI is InChI=1S/C7H3F3IN3O/c8-7(9,10)14-1-3(11)4-5(14)12-2-13-6(4)15/h1-2H,(H,12,13,15). The summed E-state index contributed by atoms with van der Waals surface area (Å²) in [4.78, 5) is 17.0. The van der Waals surface area contributed by atoms with Crippen molar-refractivity contribution in [1.82, 2.24) is 14.5 Å². The van der Waals surface area contributed by atoms with Crippen LogP contribution in [0, 0.1) is 3.57 Å². The van der Waals surface area contributed by atoms with Crippen LogP contribution in [0.1, 0.15) is 0 Å². The van der Waals surface area contributed by atoms with E-state index in [-0.39, 0.29) is 19.2 Å². The number of alkyl halides is 3. The van der Waals surface area contributed by atoms with E-state index < -0.39 is 11.9 Å². The molecule has 2 aromatic rings. The van der Waals surface area contributed by atoms with Gasteiger partial charge >= 0.3 is 6.30 Å². The molecule has 0 fully saturated rings. The molecule has 0 aromatic carbocycles. The number of nitrogens with one attached hydrogen (secondary N) is 1. The molecule has 0 aliphatic heterocycles. The van der Waals surface area contributed by atoms with Gasteiger partial charge in [-0.2, -0.15) is 0 Å². The lowest BCUT2D eigenvalue weighted by atomic mass is 10.4. The van der Waals surface area contributed by atoms with Gasteiger partial charge in [0.1, 0.15) is 0 Å². The Morgan fingerprint density at radius 1 is 1.47 bits per heavy atom. The maximum atomic E-state index is 12.5. The number of aromatic amines is 1. The van der Waals surface area contributed by atoms with Crippen LogP contribution in [0.3, 0.4) is 0 Å². The monoisotopic (exact) mass is 329 g/mol. The largest absolute Gasteiger partial charge is 0.490 e. The molecule has 80 valence electrons. The van der Waals surface area contributed by atoms with E-state index in [0.717, 1.165) is 12.5 Å². The number of rotatable bonds is 0. The topological polar surface area (TPSA) is 50.7 Å². The van der Waals surface area contributed by atoms with Gasteiger partial charge in [0.15, 0.2) is 5.65 Å². The van der Waals surface area contributed by atoms with Gasteiger partial charge in [-0.15, -0.1) is 13.2 Å². The lowest BCUT2D eigenvalue weighted by molar-refractivity contribution is -0.201. The second kappa shape index (κ2) is 3.22. The maximum absolute atomic E-state index is 12.5. The molecule has 8 heteroatoms. The van der Waals surface area contributed by atoms with Crippen molar-refractivity contribution in [3.05, 3.63) is 26.4 Å². The summed E-state index contributed by atoms with van der Waals surface area (Å²) in [6.45, 7) is 0. The average molecular weight is 329 g/mol. The van der Waals surface area contributed by atoms with Crippen LogP contribution < -0.4 is 5.56 Å². The number of nitrogens with zero attached hydrogens (tertiary/aromatic N) is 2. The summed E-state index contributed by atoms with van der Waals surface area (Å²) in [6, 6.07) is 0. The van der Waals surface area contributed by atoms with Gasteiger partial charge < -0.3 is 4.98 Å². The molecule has 1 N–H and O–H groups in total. The first-order chi connectivity index (χ1) is 6.91. The Kier molecular flexibility index (Phi) is 2.24. The summed E-state index contributed by atoms with van der Waals surface area (Å²) in [5.41, 5.74) is -0.956. The van der Waals surface area contributed by atoms with Crippen molar-refractivity contribution in [3.8, 4) is 0 Å². The van der Waals surface area contributed by atoms with Crippen LogP contribution in [-0.2, 0) is 6.30 Å². The van der Waals surface area contributed by atoms with Crippen LogP contribution in [0.4, 0.5) is 13.2 Å². The molecule has 0 spiro atoms. The number of hydrogen-bond acceptors (Lipinski definition) is 2. The molecule has 0 aliphatic rings. The summed E-state index contributed by atoms with van der Waals surface area (Å²) >= 11 is 1.66. The molecule has 15 heavy (non-hydrogen) atoms. The Morgan fingerprint density at radius 3 is 2.73 bits per heavy atom. The summed E-state index contributed by atoms with van der Waals surface area (Å²) in [5.74, 6) is 0. The third-order valence-electron chi connectivity index (χ3n) is 1.82. The van der Waals surface area contributed by atoms with E-state index in [4.69, 9.17) is 0 Å². The maximum Gasteiger partial charge on any atom is 0.490 e. The predicted octanol–water partition coefficient (Wildman–Crippen LogP) is 1.81. The Bertz CT molecular complexity index is 571. The van der Waals surface area contributed by atoms with Gasteiger partial charge in [0.25, 0.3) is 5.56 Å². The van der Waals surface area contributed by atoms with Crippen molar-refractivity contribution in [2.75, 3.05) is 0 Å². The van der Waals surface area contributed by atoms with Crippen LogP contribution in [0.25, 0.3) is 11.0 Å². The summed E-state index contributed by atoms with van der Waals surface area (Å²) in [7, 11) is 0. The first kappa shape index (κ1) is 10.5. The number of halogens is 4. The van der Waals surface area contributed by atoms with E-state index in [1.54, 1.807) is 22.6 Å².